The summed E-state index contributed by atoms with van der Waals surface area (Å²) in [5, 5.41) is 9.22. The van der Waals surface area contributed by atoms with Gasteiger partial charge in [0.2, 0.25) is 0 Å². The van der Waals surface area contributed by atoms with Gasteiger partial charge in [0.25, 0.3) is 0 Å². The summed E-state index contributed by atoms with van der Waals surface area (Å²) in [4.78, 5) is 0. The Morgan fingerprint density at radius 3 is 1.92 bits per heavy atom. The minimum atomic E-state index is -1.75. The first-order chi connectivity index (χ1) is 12.1. The predicted molar refractivity (Wildman–Crippen MR) is 98.2 cm³/mol. The third-order valence-corrected chi connectivity index (χ3v) is 4.07. The van der Waals surface area contributed by atoms with Crippen LogP contribution in [0.5, 0.6) is 23.0 Å². The van der Waals surface area contributed by atoms with E-state index in [1.807, 2.05) is 31.2 Å². The highest BCUT2D eigenvalue weighted by atomic mass is 32.2. The van der Waals surface area contributed by atoms with Gasteiger partial charge in [-0.1, -0.05) is 17.7 Å². The van der Waals surface area contributed by atoms with Gasteiger partial charge in [0.1, 0.15) is 23.0 Å². The van der Waals surface area contributed by atoms with E-state index < -0.39 is 11.3 Å². The standard InChI is InChI=1S/C19H17NO4S/c1-14-2-8-17(9-3-14)23-18-10-12-19(13-11-18)24-25(22)20-15-4-6-16(21)7-5-15/h2-13,20-21H,1H3. The maximum Gasteiger partial charge on any atom is 0.316 e. The topological polar surface area (TPSA) is 67.8 Å². The van der Waals surface area contributed by atoms with E-state index in [1.54, 1.807) is 36.4 Å². The lowest BCUT2D eigenvalue weighted by Gasteiger charge is -2.09. The van der Waals surface area contributed by atoms with Crippen molar-refractivity contribution in [2.24, 2.45) is 0 Å². The number of phenols is 1. The summed E-state index contributed by atoms with van der Waals surface area (Å²) >= 11 is -1.75. The van der Waals surface area contributed by atoms with Crippen molar-refractivity contribution in [1.82, 2.24) is 0 Å². The van der Waals surface area contributed by atoms with Gasteiger partial charge in [0.15, 0.2) is 0 Å². The van der Waals surface area contributed by atoms with Crippen LogP contribution in [0.3, 0.4) is 0 Å². The van der Waals surface area contributed by atoms with Crippen LogP contribution >= 0.6 is 0 Å². The van der Waals surface area contributed by atoms with E-state index in [9.17, 15) is 9.32 Å². The van der Waals surface area contributed by atoms with E-state index in [4.69, 9.17) is 8.92 Å². The molecule has 5 nitrogen and oxygen atoms in total. The SMILES string of the molecule is Cc1ccc(Oc2ccc(OS(=O)Nc3ccc(O)cc3)cc2)cc1. The number of hydrogen-bond acceptors (Lipinski definition) is 4. The molecule has 0 heterocycles. The van der Waals surface area contributed by atoms with Crippen molar-refractivity contribution >= 4 is 17.0 Å². The highest BCUT2D eigenvalue weighted by molar-refractivity contribution is 7.81. The number of aromatic hydroxyl groups is 1. The van der Waals surface area contributed by atoms with E-state index in [0.29, 0.717) is 17.2 Å². The Morgan fingerprint density at radius 2 is 1.32 bits per heavy atom. The van der Waals surface area contributed by atoms with Gasteiger partial charge in [-0.3, -0.25) is 4.72 Å². The molecule has 0 spiro atoms. The van der Waals surface area contributed by atoms with Crippen LogP contribution < -0.4 is 13.6 Å². The van der Waals surface area contributed by atoms with Gasteiger partial charge in [-0.2, -0.15) is 4.21 Å². The van der Waals surface area contributed by atoms with E-state index in [2.05, 4.69) is 4.72 Å². The molecule has 1 atom stereocenters. The van der Waals surface area contributed by atoms with Crippen LogP contribution in [0.4, 0.5) is 5.69 Å². The van der Waals surface area contributed by atoms with Crippen molar-refractivity contribution in [3.05, 3.63) is 78.4 Å². The van der Waals surface area contributed by atoms with Crippen molar-refractivity contribution in [3.63, 3.8) is 0 Å². The number of rotatable bonds is 6. The molecule has 3 aromatic rings. The highest BCUT2D eigenvalue weighted by Crippen LogP contribution is 2.24. The first-order valence-corrected chi connectivity index (χ1v) is 8.66. The van der Waals surface area contributed by atoms with Crippen LogP contribution in [-0.2, 0) is 11.3 Å². The number of nitrogens with one attached hydrogen (secondary N) is 1. The number of aryl methyl sites for hydroxylation is 1. The fraction of sp³-hybridized carbons (Fsp3) is 0.0526. The van der Waals surface area contributed by atoms with Crippen molar-refractivity contribution in [2.75, 3.05) is 4.72 Å². The molecule has 0 saturated carbocycles. The molecule has 6 heteroatoms. The zero-order valence-electron chi connectivity index (χ0n) is 13.5. The summed E-state index contributed by atoms with van der Waals surface area (Å²) in [5.41, 5.74) is 1.75. The van der Waals surface area contributed by atoms with E-state index >= 15 is 0 Å². The smallest absolute Gasteiger partial charge is 0.316 e. The molecule has 1 unspecified atom stereocenters. The van der Waals surface area contributed by atoms with E-state index in [0.717, 1.165) is 5.75 Å². The van der Waals surface area contributed by atoms with Crippen LogP contribution in [-0.4, -0.2) is 9.32 Å². The lowest BCUT2D eigenvalue weighted by molar-refractivity contribution is 0.475. The maximum absolute atomic E-state index is 12.0. The molecular weight excluding hydrogens is 338 g/mol. The second-order valence-electron chi connectivity index (χ2n) is 5.35. The van der Waals surface area contributed by atoms with Crippen LogP contribution in [0, 0.1) is 6.92 Å². The molecule has 0 aliphatic heterocycles. The number of anilines is 1. The minimum absolute atomic E-state index is 0.140. The summed E-state index contributed by atoms with van der Waals surface area (Å²) in [6.45, 7) is 2.02. The van der Waals surface area contributed by atoms with E-state index in [1.165, 1.54) is 17.7 Å². The van der Waals surface area contributed by atoms with Gasteiger partial charge >= 0.3 is 11.3 Å². The van der Waals surface area contributed by atoms with Gasteiger partial charge in [-0.15, -0.1) is 0 Å². The lowest BCUT2D eigenvalue weighted by atomic mass is 10.2. The Labute approximate surface area is 148 Å². The monoisotopic (exact) mass is 355 g/mol. The number of phenolic OH excluding ortho intramolecular Hbond substituents is 1. The summed E-state index contributed by atoms with van der Waals surface area (Å²) in [7, 11) is 0. The molecule has 25 heavy (non-hydrogen) atoms. The van der Waals surface area contributed by atoms with Gasteiger partial charge in [-0.05, 0) is 67.6 Å². The van der Waals surface area contributed by atoms with Gasteiger partial charge in [-0.25, -0.2) is 0 Å². The molecule has 3 aromatic carbocycles. The maximum atomic E-state index is 12.0. The van der Waals surface area contributed by atoms with Crippen LogP contribution in [0.15, 0.2) is 72.8 Å². The third kappa shape index (κ3) is 4.99. The normalized spacial score (nSPS) is 11.6. The minimum Gasteiger partial charge on any atom is -0.508 e. The first kappa shape index (κ1) is 16.9. The van der Waals surface area contributed by atoms with Gasteiger partial charge in [0, 0.05) is 5.69 Å². The van der Waals surface area contributed by atoms with Crippen molar-refractivity contribution in [2.45, 2.75) is 6.92 Å². The molecule has 2 N–H and O–H groups in total. The lowest BCUT2D eigenvalue weighted by Crippen LogP contribution is -2.10. The number of hydrogen-bond donors (Lipinski definition) is 2. The Bertz CT molecular complexity index is 846. The first-order valence-electron chi connectivity index (χ1n) is 7.59. The summed E-state index contributed by atoms with van der Waals surface area (Å²) in [5.74, 6) is 1.99. The van der Waals surface area contributed by atoms with Crippen LogP contribution in [0.2, 0.25) is 0 Å². The molecule has 0 aromatic heterocycles. The second-order valence-corrected chi connectivity index (χ2v) is 6.19. The Hall–Kier alpha value is -2.99. The Morgan fingerprint density at radius 1 is 0.800 bits per heavy atom. The van der Waals surface area contributed by atoms with E-state index in [-0.39, 0.29) is 5.75 Å². The third-order valence-electron chi connectivity index (χ3n) is 3.32. The van der Waals surface area contributed by atoms with Crippen LogP contribution in [0.25, 0.3) is 0 Å². The van der Waals surface area contributed by atoms with Gasteiger partial charge < -0.3 is 14.0 Å². The zero-order valence-corrected chi connectivity index (χ0v) is 14.3. The number of ether oxygens (including phenoxy) is 1. The molecule has 0 amide bonds. The second kappa shape index (κ2) is 7.72. The zero-order chi connectivity index (χ0) is 17.6. The molecule has 0 saturated heterocycles. The van der Waals surface area contributed by atoms with Crippen molar-refractivity contribution in [3.8, 4) is 23.0 Å². The molecule has 0 aliphatic carbocycles. The van der Waals surface area contributed by atoms with Crippen molar-refractivity contribution in [1.29, 1.82) is 0 Å². The van der Waals surface area contributed by atoms with Gasteiger partial charge in [0.05, 0.1) is 0 Å². The molecule has 0 aliphatic rings. The Balaban J connectivity index is 1.57. The molecule has 128 valence electrons. The molecule has 0 radical (unpaired) electrons. The molecule has 0 bridgehead atoms. The molecule has 0 fully saturated rings. The molecular formula is C19H17NO4S. The van der Waals surface area contributed by atoms with Crippen molar-refractivity contribution < 1.29 is 18.2 Å². The highest BCUT2D eigenvalue weighted by Gasteiger charge is 2.04. The largest absolute Gasteiger partial charge is 0.508 e. The number of benzene rings is 3. The fourth-order valence-corrected chi connectivity index (χ4v) is 2.70. The quantitative estimate of drug-likeness (QED) is 0.636. The fourth-order valence-electron chi connectivity index (χ4n) is 2.04. The summed E-state index contributed by atoms with van der Waals surface area (Å²) in [6, 6.07) is 20.8. The average molecular weight is 355 g/mol. The van der Waals surface area contributed by atoms with Crippen LogP contribution in [0.1, 0.15) is 5.56 Å². The average Bonchev–Trinajstić information content (AvgIpc) is 2.61. The summed E-state index contributed by atoms with van der Waals surface area (Å²) in [6.07, 6.45) is 0. The predicted octanol–water partition coefficient (Wildman–Crippen LogP) is 4.56. The summed E-state index contributed by atoms with van der Waals surface area (Å²) < 4.78 is 25.7. The Kier molecular flexibility index (Phi) is 5.20. The molecule has 3 rings (SSSR count).